The van der Waals surface area contributed by atoms with Gasteiger partial charge in [-0.25, -0.2) is 0 Å². The predicted molar refractivity (Wildman–Crippen MR) is 50.5 cm³/mol. The number of rotatable bonds is 4. The van der Waals surface area contributed by atoms with Gasteiger partial charge in [-0.05, 0) is 19.4 Å². The van der Waals surface area contributed by atoms with Crippen molar-refractivity contribution >= 4 is 0 Å². The standard InChI is InChI=1S/C10H16N2O/c1-3-11-7-8-6-9(13-12-8)10(2)4-5-10/h6,11H,3-5,7H2,1-2H3. The molecule has 0 amide bonds. The summed E-state index contributed by atoms with van der Waals surface area (Å²) in [5, 5.41) is 7.25. The summed E-state index contributed by atoms with van der Waals surface area (Å²) >= 11 is 0. The van der Waals surface area contributed by atoms with Crippen LogP contribution in [0.1, 0.15) is 38.1 Å². The van der Waals surface area contributed by atoms with Crippen LogP contribution in [0.3, 0.4) is 0 Å². The highest BCUT2D eigenvalue weighted by molar-refractivity contribution is 5.21. The Bertz CT molecular complexity index is 289. The van der Waals surface area contributed by atoms with E-state index in [4.69, 9.17) is 4.52 Å². The molecule has 0 aromatic carbocycles. The molecule has 0 atom stereocenters. The van der Waals surface area contributed by atoms with E-state index < -0.39 is 0 Å². The zero-order valence-corrected chi connectivity index (χ0v) is 8.26. The highest BCUT2D eigenvalue weighted by atomic mass is 16.5. The van der Waals surface area contributed by atoms with Crippen LogP contribution in [-0.4, -0.2) is 11.7 Å². The van der Waals surface area contributed by atoms with Gasteiger partial charge in [0, 0.05) is 18.0 Å². The summed E-state index contributed by atoms with van der Waals surface area (Å²) in [6.45, 7) is 6.10. The lowest BCUT2D eigenvalue weighted by molar-refractivity contribution is 0.353. The van der Waals surface area contributed by atoms with Gasteiger partial charge in [-0.2, -0.15) is 0 Å². The third-order valence-electron chi connectivity index (χ3n) is 2.71. The maximum Gasteiger partial charge on any atom is 0.142 e. The Hall–Kier alpha value is -0.830. The molecule has 1 saturated carbocycles. The van der Waals surface area contributed by atoms with Crippen molar-refractivity contribution in [3.63, 3.8) is 0 Å². The zero-order chi connectivity index (χ0) is 9.31. The normalized spacial score (nSPS) is 18.9. The molecule has 1 aliphatic rings. The van der Waals surface area contributed by atoms with E-state index in [9.17, 15) is 0 Å². The molecule has 1 aliphatic carbocycles. The van der Waals surface area contributed by atoms with Crippen molar-refractivity contribution in [2.45, 2.75) is 38.6 Å². The molecular formula is C10H16N2O. The van der Waals surface area contributed by atoms with Gasteiger partial charge >= 0.3 is 0 Å². The van der Waals surface area contributed by atoms with Gasteiger partial charge in [-0.1, -0.05) is 19.0 Å². The number of aromatic nitrogens is 1. The number of hydrogen-bond acceptors (Lipinski definition) is 3. The third kappa shape index (κ3) is 1.75. The van der Waals surface area contributed by atoms with Gasteiger partial charge in [0.15, 0.2) is 0 Å². The van der Waals surface area contributed by atoms with E-state index in [2.05, 4.69) is 30.4 Å². The summed E-state index contributed by atoms with van der Waals surface area (Å²) in [6.07, 6.45) is 2.48. The van der Waals surface area contributed by atoms with Crippen LogP contribution in [0.5, 0.6) is 0 Å². The lowest BCUT2D eigenvalue weighted by atomic mass is 10.1. The Morgan fingerprint density at radius 2 is 2.38 bits per heavy atom. The highest BCUT2D eigenvalue weighted by Crippen LogP contribution is 2.47. The van der Waals surface area contributed by atoms with Crippen LogP contribution in [0, 0.1) is 0 Å². The molecule has 3 nitrogen and oxygen atoms in total. The second-order valence-corrected chi connectivity index (χ2v) is 4.02. The predicted octanol–water partition coefficient (Wildman–Crippen LogP) is 1.84. The minimum absolute atomic E-state index is 0.303. The fourth-order valence-corrected chi connectivity index (χ4v) is 1.37. The molecule has 1 heterocycles. The van der Waals surface area contributed by atoms with E-state index in [1.807, 2.05) is 0 Å². The molecule has 2 rings (SSSR count). The molecule has 1 aromatic heterocycles. The smallest absolute Gasteiger partial charge is 0.142 e. The number of nitrogens with one attached hydrogen (secondary N) is 1. The second kappa shape index (κ2) is 3.14. The monoisotopic (exact) mass is 180 g/mol. The molecular weight excluding hydrogens is 164 g/mol. The fourth-order valence-electron chi connectivity index (χ4n) is 1.37. The minimum Gasteiger partial charge on any atom is -0.361 e. The quantitative estimate of drug-likeness (QED) is 0.768. The van der Waals surface area contributed by atoms with E-state index in [-0.39, 0.29) is 0 Å². The molecule has 0 bridgehead atoms. The van der Waals surface area contributed by atoms with Crippen molar-refractivity contribution in [2.24, 2.45) is 0 Å². The Morgan fingerprint density at radius 1 is 1.62 bits per heavy atom. The first-order chi connectivity index (χ1) is 6.24. The van der Waals surface area contributed by atoms with Crippen molar-refractivity contribution in [2.75, 3.05) is 6.54 Å². The SMILES string of the molecule is CCNCc1cc(C2(C)CC2)on1. The number of nitrogens with zero attached hydrogens (tertiary/aromatic N) is 1. The van der Waals surface area contributed by atoms with Crippen molar-refractivity contribution < 1.29 is 4.52 Å². The molecule has 3 heteroatoms. The molecule has 0 spiro atoms. The molecule has 0 aliphatic heterocycles. The molecule has 13 heavy (non-hydrogen) atoms. The maximum absolute atomic E-state index is 5.30. The lowest BCUT2D eigenvalue weighted by Crippen LogP contribution is -2.11. The van der Waals surface area contributed by atoms with Crippen molar-refractivity contribution in [3.8, 4) is 0 Å². The van der Waals surface area contributed by atoms with Crippen LogP contribution in [0.15, 0.2) is 10.6 Å². The van der Waals surface area contributed by atoms with Crippen LogP contribution in [0.25, 0.3) is 0 Å². The summed E-state index contributed by atoms with van der Waals surface area (Å²) in [5.74, 6) is 1.06. The highest BCUT2D eigenvalue weighted by Gasteiger charge is 2.42. The van der Waals surface area contributed by atoms with Gasteiger partial charge in [0.2, 0.25) is 0 Å². The first-order valence-electron chi connectivity index (χ1n) is 4.91. The van der Waals surface area contributed by atoms with Gasteiger partial charge in [0.25, 0.3) is 0 Å². The van der Waals surface area contributed by atoms with Crippen LogP contribution in [-0.2, 0) is 12.0 Å². The van der Waals surface area contributed by atoms with Crippen molar-refractivity contribution in [3.05, 3.63) is 17.5 Å². The largest absolute Gasteiger partial charge is 0.361 e. The van der Waals surface area contributed by atoms with E-state index in [1.165, 1.54) is 12.8 Å². The molecule has 1 fully saturated rings. The Labute approximate surface area is 78.5 Å². The number of hydrogen-bond donors (Lipinski definition) is 1. The third-order valence-corrected chi connectivity index (χ3v) is 2.71. The molecule has 72 valence electrons. The topological polar surface area (TPSA) is 38.1 Å². The van der Waals surface area contributed by atoms with Crippen LogP contribution in [0.4, 0.5) is 0 Å². The fraction of sp³-hybridized carbons (Fsp3) is 0.700. The summed E-state index contributed by atoms with van der Waals surface area (Å²) in [7, 11) is 0. The molecule has 0 saturated heterocycles. The summed E-state index contributed by atoms with van der Waals surface area (Å²) in [6, 6.07) is 2.08. The Kier molecular flexibility index (Phi) is 2.12. The molecule has 0 radical (unpaired) electrons. The Balaban J connectivity index is 2.01. The van der Waals surface area contributed by atoms with E-state index in [0.717, 1.165) is 24.5 Å². The van der Waals surface area contributed by atoms with Gasteiger partial charge in [-0.15, -0.1) is 0 Å². The summed E-state index contributed by atoms with van der Waals surface area (Å²) in [4.78, 5) is 0. The molecule has 1 N–H and O–H groups in total. The van der Waals surface area contributed by atoms with Crippen molar-refractivity contribution in [1.29, 1.82) is 0 Å². The van der Waals surface area contributed by atoms with Crippen LogP contribution < -0.4 is 5.32 Å². The first-order valence-corrected chi connectivity index (χ1v) is 4.91. The second-order valence-electron chi connectivity index (χ2n) is 4.02. The lowest BCUT2D eigenvalue weighted by Gasteiger charge is -1.98. The van der Waals surface area contributed by atoms with Crippen molar-refractivity contribution in [1.82, 2.24) is 10.5 Å². The maximum atomic E-state index is 5.30. The summed E-state index contributed by atoms with van der Waals surface area (Å²) < 4.78 is 5.30. The molecule has 0 unspecified atom stereocenters. The zero-order valence-electron chi connectivity index (χ0n) is 8.26. The van der Waals surface area contributed by atoms with Gasteiger partial charge in [0.1, 0.15) is 5.76 Å². The minimum atomic E-state index is 0.303. The summed E-state index contributed by atoms with van der Waals surface area (Å²) in [5.41, 5.74) is 1.32. The first kappa shape index (κ1) is 8.75. The van der Waals surface area contributed by atoms with E-state index in [0.29, 0.717) is 5.41 Å². The van der Waals surface area contributed by atoms with Gasteiger partial charge in [-0.3, -0.25) is 0 Å². The Morgan fingerprint density at radius 3 is 3.00 bits per heavy atom. The van der Waals surface area contributed by atoms with Gasteiger partial charge < -0.3 is 9.84 Å². The van der Waals surface area contributed by atoms with Crippen LogP contribution >= 0.6 is 0 Å². The van der Waals surface area contributed by atoms with E-state index in [1.54, 1.807) is 0 Å². The van der Waals surface area contributed by atoms with Gasteiger partial charge in [0.05, 0.1) is 5.69 Å². The van der Waals surface area contributed by atoms with Crippen LogP contribution in [0.2, 0.25) is 0 Å². The molecule has 1 aromatic rings. The average molecular weight is 180 g/mol. The average Bonchev–Trinajstić information content (AvgIpc) is 2.69. The van der Waals surface area contributed by atoms with E-state index >= 15 is 0 Å².